The summed E-state index contributed by atoms with van der Waals surface area (Å²) < 4.78 is 14.7. The van der Waals surface area contributed by atoms with E-state index in [4.69, 9.17) is 19.7 Å². The number of nitrogens with one attached hydrogen (secondary N) is 3. The molecule has 2 amide bonds. The second-order valence-corrected chi connectivity index (χ2v) is 8.31. The highest BCUT2D eigenvalue weighted by atomic mass is 16.6. The maximum absolute atomic E-state index is 12.3. The van der Waals surface area contributed by atoms with Gasteiger partial charge in [-0.1, -0.05) is 17.3 Å². The van der Waals surface area contributed by atoms with Crippen LogP contribution in [0.1, 0.15) is 44.7 Å². The molecule has 0 radical (unpaired) electrons. The number of nitrogens with zero attached hydrogens (tertiary/aromatic N) is 1. The maximum Gasteiger partial charge on any atom is 0.408 e. The first-order valence-electron chi connectivity index (χ1n) is 10.3. The zero-order valence-electron chi connectivity index (χ0n) is 19.4. The SMILES string of the molecule is COC(=N)c1ccc(C2=NO[C@@H](CC(=O)NC[C@H](NC(=O)OC(C)(C)C)C(=O)OC)C2)cc1. The van der Waals surface area contributed by atoms with Gasteiger partial charge in [0.15, 0.2) is 0 Å². The van der Waals surface area contributed by atoms with Gasteiger partial charge in [0, 0.05) is 18.5 Å². The van der Waals surface area contributed by atoms with Gasteiger partial charge in [0.2, 0.25) is 11.8 Å². The van der Waals surface area contributed by atoms with Crippen LogP contribution in [-0.2, 0) is 28.6 Å². The van der Waals surface area contributed by atoms with Crippen LogP contribution in [0.2, 0.25) is 0 Å². The number of oxime groups is 1. The lowest BCUT2D eigenvalue weighted by Gasteiger charge is -2.22. The number of ether oxygens (including phenoxy) is 3. The second-order valence-electron chi connectivity index (χ2n) is 8.31. The van der Waals surface area contributed by atoms with Crippen molar-refractivity contribution in [3.63, 3.8) is 0 Å². The first-order chi connectivity index (χ1) is 15.5. The summed E-state index contributed by atoms with van der Waals surface area (Å²) in [6.07, 6.45) is -0.825. The van der Waals surface area contributed by atoms with Gasteiger partial charge in [0.05, 0.1) is 26.4 Å². The Kier molecular flexibility index (Phi) is 8.78. The van der Waals surface area contributed by atoms with Gasteiger partial charge in [-0.3, -0.25) is 10.2 Å². The fourth-order valence-electron chi connectivity index (χ4n) is 2.92. The fourth-order valence-corrected chi connectivity index (χ4v) is 2.92. The molecular weight excluding hydrogens is 432 g/mol. The number of alkyl carbamates (subject to hydrolysis) is 1. The highest BCUT2D eigenvalue weighted by Gasteiger charge is 2.28. The van der Waals surface area contributed by atoms with E-state index >= 15 is 0 Å². The standard InChI is InChI=1S/C22H30N4O7/c1-22(2,3)32-21(29)25-17(20(28)31-5)12-24-18(27)11-15-10-16(26-33-15)13-6-8-14(9-7-13)19(23)30-4/h6-9,15,17,23H,10-12H2,1-5H3,(H,24,27)(H,25,29)/t15-,17+/m1/s1. The minimum Gasteiger partial charge on any atom is -0.481 e. The molecule has 1 aromatic rings. The molecule has 2 rings (SSSR count). The molecule has 0 bridgehead atoms. The number of hydrogen-bond acceptors (Lipinski definition) is 9. The van der Waals surface area contributed by atoms with Crippen LogP contribution in [0, 0.1) is 5.41 Å². The van der Waals surface area contributed by atoms with E-state index in [9.17, 15) is 14.4 Å². The summed E-state index contributed by atoms with van der Waals surface area (Å²) in [5.41, 5.74) is 1.40. The average molecular weight is 463 g/mol. The molecule has 0 saturated carbocycles. The predicted molar refractivity (Wildman–Crippen MR) is 119 cm³/mol. The number of esters is 1. The fraction of sp³-hybridized carbons (Fsp3) is 0.500. The van der Waals surface area contributed by atoms with E-state index in [1.807, 2.05) is 0 Å². The summed E-state index contributed by atoms with van der Waals surface area (Å²) in [5, 5.41) is 16.7. The van der Waals surface area contributed by atoms with Crippen LogP contribution >= 0.6 is 0 Å². The summed E-state index contributed by atoms with van der Waals surface area (Å²) in [5.74, 6) is -1.03. The predicted octanol–water partition coefficient (Wildman–Crippen LogP) is 1.72. The molecule has 0 fully saturated rings. The zero-order valence-corrected chi connectivity index (χ0v) is 19.4. The number of benzene rings is 1. The van der Waals surface area contributed by atoms with E-state index in [0.717, 1.165) is 5.56 Å². The summed E-state index contributed by atoms with van der Waals surface area (Å²) in [7, 11) is 2.62. The van der Waals surface area contributed by atoms with Crippen molar-refractivity contribution in [3.8, 4) is 0 Å². The number of carbonyl (C=O) groups excluding carboxylic acids is 3. The van der Waals surface area contributed by atoms with Gasteiger partial charge < -0.3 is 29.7 Å². The molecule has 0 unspecified atom stereocenters. The van der Waals surface area contributed by atoms with Crippen molar-refractivity contribution in [2.24, 2.45) is 5.16 Å². The zero-order chi connectivity index (χ0) is 24.6. The smallest absolute Gasteiger partial charge is 0.408 e. The van der Waals surface area contributed by atoms with Crippen LogP contribution in [-0.4, -0.2) is 68.1 Å². The van der Waals surface area contributed by atoms with Gasteiger partial charge in [-0.15, -0.1) is 0 Å². The van der Waals surface area contributed by atoms with E-state index in [1.54, 1.807) is 45.0 Å². The van der Waals surface area contributed by atoms with Crippen molar-refractivity contribution >= 4 is 29.6 Å². The summed E-state index contributed by atoms with van der Waals surface area (Å²) >= 11 is 0. The van der Waals surface area contributed by atoms with Crippen molar-refractivity contribution in [3.05, 3.63) is 35.4 Å². The third kappa shape index (κ3) is 8.09. The van der Waals surface area contributed by atoms with Crippen LogP contribution in [0.4, 0.5) is 4.79 Å². The topological polar surface area (TPSA) is 148 Å². The Morgan fingerprint density at radius 2 is 1.85 bits per heavy atom. The number of carbonyl (C=O) groups is 3. The normalized spacial score (nSPS) is 16.0. The first kappa shape index (κ1) is 25.6. The first-order valence-corrected chi connectivity index (χ1v) is 10.3. The number of methoxy groups -OCH3 is 2. The summed E-state index contributed by atoms with van der Waals surface area (Å²) in [6.45, 7) is 4.91. The van der Waals surface area contributed by atoms with Gasteiger partial charge >= 0.3 is 12.1 Å². The molecule has 2 atom stereocenters. The Morgan fingerprint density at radius 3 is 2.42 bits per heavy atom. The highest BCUT2D eigenvalue weighted by molar-refractivity contribution is 6.02. The molecule has 11 heteroatoms. The lowest BCUT2D eigenvalue weighted by Crippen LogP contribution is -2.50. The van der Waals surface area contributed by atoms with Crippen molar-refractivity contribution < 1.29 is 33.4 Å². The Balaban J connectivity index is 1.84. The van der Waals surface area contributed by atoms with Crippen molar-refractivity contribution in [2.75, 3.05) is 20.8 Å². The van der Waals surface area contributed by atoms with Gasteiger partial charge in [0.25, 0.3) is 0 Å². The van der Waals surface area contributed by atoms with Gasteiger partial charge in [-0.2, -0.15) is 0 Å². The average Bonchev–Trinajstić information content (AvgIpc) is 3.22. The molecule has 0 saturated heterocycles. The maximum atomic E-state index is 12.3. The third-order valence-corrected chi connectivity index (χ3v) is 4.51. The molecule has 3 N–H and O–H groups in total. The minimum atomic E-state index is -1.10. The van der Waals surface area contributed by atoms with E-state index in [0.29, 0.717) is 17.7 Å². The van der Waals surface area contributed by atoms with Gasteiger partial charge in [-0.25, -0.2) is 9.59 Å². The van der Waals surface area contributed by atoms with Crippen LogP contribution in [0.5, 0.6) is 0 Å². The molecule has 11 nitrogen and oxygen atoms in total. The van der Waals surface area contributed by atoms with Crippen molar-refractivity contribution in [2.45, 2.75) is 51.4 Å². The Labute approximate surface area is 192 Å². The Hall–Kier alpha value is -3.63. The van der Waals surface area contributed by atoms with Crippen molar-refractivity contribution in [1.29, 1.82) is 5.41 Å². The monoisotopic (exact) mass is 462 g/mol. The lowest BCUT2D eigenvalue weighted by atomic mass is 10.0. The molecule has 1 aliphatic rings. The van der Waals surface area contributed by atoms with Crippen LogP contribution in [0.15, 0.2) is 29.4 Å². The molecule has 1 aromatic carbocycles. The number of hydrogen-bond donors (Lipinski definition) is 3. The van der Waals surface area contributed by atoms with Crippen LogP contribution in [0.3, 0.4) is 0 Å². The van der Waals surface area contributed by atoms with E-state index < -0.39 is 29.8 Å². The lowest BCUT2D eigenvalue weighted by molar-refractivity contribution is -0.143. The van der Waals surface area contributed by atoms with Gasteiger partial charge in [-0.05, 0) is 38.5 Å². The molecule has 1 aliphatic heterocycles. The quantitative estimate of drug-likeness (QED) is 0.303. The number of amides is 2. The van der Waals surface area contributed by atoms with Crippen molar-refractivity contribution in [1.82, 2.24) is 10.6 Å². The van der Waals surface area contributed by atoms with E-state index in [2.05, 4.69) is 20.5 Å². The summed E-state index contributed by atoms with van der Waals surface area (Å²) in [6, 6.07) is 5.99. The molecule has 180 valence electrons. The molecule has 1 heterocycles. The van der Waals surface area contributed by atoms with Crippen LogP contribution in [0.25, 0.3) is 0 Å². The third-order valence-electron chi connectivity index (χ3n) is 4.51. The Morgan fingerprint density at radius 1 is 1.18 bits per heavy atom. The highest BCUT2D eigenvalue weighted by Crippen LogP contribution is 2.19. The number of rotatable bonds is 8. The molecule has 0 aromatic heterocycles. The Bertz CT molecular complexity index is 906. The van der Waals surface area contributed by atoms with E-state index in [-0.39, 0.29) is 24.8 Å². The van der Waals surface area contributed by atoms with Gasteiger partial charge in [0.1, 0.15) is 17.7 Å². The second kappa shape index (κ2) is 11.3. The molecular formula is C22H30N4O7. The summed E-state index contributed by atoms with van der Waals surface area (Å²) in [4.78, 5) is 41.6. The largest absolute Gasteiger partial charge is 0.481 e. The molecule has 33 heavy (non-hydrogen) atoms. The molecule has 0 spiro atoms. The van der Waals surface area contributed by atoms with E-state index in [1.165, 1.54) is 14.2 Å². The van der Waals surface area contributed by atoms with Crippen LogP contribution < -0.4 is 10.6 Å². The minimum absolute atomic E-state index is 0.0136. The molecule has 0 aliphatic carbocycles.